The predicted molar refractivity (Wildman–Crippen MR) is 88.0 cm³/mol. The molecule has 0 bridgehead atoms. The molecular formula is C19H21NO4. The summed E-state index contributed by atoms with van der Waals surface area (Å²) in [5, 5.41) is 2.84. The van der Waals surface area contributed by atoms with Crippen molar-refractivity contribution >= 4 is 17.7 Å². The van der Waals surface area contributed by atoms with Crippen LogP contribution in [0.2, 0.25) is 0 Å². The summed E-state index contributed by atoms with van der Waals surface area (Å²) in [4.78, 5) is 37.3. The first kappa shape index (κ1) is 16.4. The zero-order valence-corrected chi connectivity index (χ0v) is 14.1. The van der Waals surface area contributed by atoms with Crippen LogP contribution in [0, 0.1) is 18.8 Å². The normalized spacial score (nSPS) is 26.7. The summed E-state index contributed by atoms with van der Waals surface area (Å²) in [6, 6.07) is 7.75. The van der Waals surface area contributed by atoms with Crippen LogP contribution in [0.5, 0.6) is 0 Å². The SMILES string of the molecule is COC(=O)[C@H]1C(=O)C2=C(C[C@H]1C)NC(=O)C[C@@H]2c1ccccc1C. The summed E-state index contributed by atoms with van der Waals surface area (Å²) in [6.07, 6.45) is 0.715. The van der Waals surface area contributed by atoms with Crippen LogP contribution >= 0.6 is 0 Å². The monoisotopic (exact) mass is 327 g/mol. The zero-order chi connectivity index (χ0) is 17.4. The van der Waals surface area contributed by atoms with Gasteiger partial charge in [0.05, 0.1) is 7.11 Å². The first-order valence-corrected chi connectivity index (χ1v) is 8.14. The number of hydrogen-bond donors (Lipinski definition) is 1. The zero-order valence-electron chi connectivity index (χ0n) is 14.1. The molecule has 126 valence electrons. The Morgan fingerprint density at radius 2 is 1.92 bits per heavy atom. The number of ketones is 1. The van der Waals surface area contributed by atoms with Gasteiger partial charge < -0.3 is 10.1 Å². The minimum atomic E-state index is -0.796. The quantitative estimate of drug-likeness (QED) is 0.668. The van der Waals surface area contributed by atoms with Crippen LogP contribution in [-0.2, 0) is 19.1 Å². The van der Waals surface area contributed by atoms with E-state index in [0.717, 1.165) is 11.1 Å². The lowest BCUT2D eigenvalue weighted by Gasteiger charge is -2.36. The molecule has 1 aliphatic carbocycles. The second kappa shape index (κ2) is 6.23. The van der Waals surface area contributed by atoms with Gasteiger partial charge >= 0.3 is 5.97 Å². The minimum absolute atomic E-state index is 0.0847. The molecule has 0 fully saturated rings. The third-order valence-electron chi connectivity index (χ3n) is 5.02. The maximum atomic E-state index is 13.1. The van der Waals surface area contributed by atoms with Gasteiger partial charge in [-0.2, -0.15) is 0 Å². The van der Waals surface area contributed by atoms with Crippen molar-refractivity contribution < 1.29 is 19.1 Å². The molecule has 0 spiro atoms. The van der Waals surface area contributed by atoms with E-state index in [-0.39, 0.29) is 29.9 Å². The third-order valence-corrected chi connectivity index (χ3v) is 5.02. The lowest BCUT2D eigenvalue weighted by molar-refractivity contribution is -0.151. The minimum Gasteiger partial charge on any atom is -0.468 e. The van der Waals surface area contributed by atoms with Crippen molar-refractivity contribution in [2.75, 3.05) is 7.11 Å². The van der Waals surface area contributed by atoms with Gasteiger partial charge in [-0.15, -0.1) is 0 Å². The average Bonchev–Trinajstić information content (AvgIpc) is 2.53. The highest BCUT2D eigenvalue weighted by molar-refractivity contribution is 6.11. The van der Waals surface area contributed by atoms with E-state index in [0.29, 0.717) is 17.7 Å². The number of ether oxygens (including phenoxy) is 1. The molecule has 1 aromatic rings. The molecule has 2 aliphatic rings. The van der Waals surface area contributed by atoms with Crippen LogP contribution in [0.15, 0.2) is 35.5 Å². The fraction of sp³-hybridized carbons (Fsp3) is 0.421. The van der Waals surface area contributed by atoms with E-state index in [1.807, 2.05) is 38.1 Å². The second-order valence-electron chi connectivity index (χ2n) is 6.60. The van der Waals surface area contributed by atoms with Crippen molar-refractivity contribution in [2.24, 2.45) is 11.8 Å². The smallest absolute Gasteiger partial charge is 0.316 e. The number of allylic oxidation sites excluding steroid dienone is 2. The Labute approximate surface area is 141 Å². The average molecular weight is 327 g/mol. The molecule has 1 N–H and O–H groups in total. The second-order valence-corrected chi connectivity index (χ2v) is 6.60. The number of nitrogens with one attached hydrogen (secondary N) is 1. The number of carbonyl (C=O) groups excluding carboxylic acids is 3. The molecule has 1 amide bonds. The largest absolute Gasteiger partial charge is 0.468 e. The third kappa shape index (κ3) is 2.64. The van der Waals surface area contributed by atoms with E-state index in [9.17, 15) is 14.4 Å². The van der Waals surface area contributed by atoms with Gasteiger partial charge in [0.15, 0.2) is 5.78 Å². The first-order chi connectivity index (χ1) is 11.4. The molecule has 0 radical (unpaired) electrons. The van der Waals surface area contributed by atoms with Crippen molar-refractivity contribution in [1.82, 2.24) is 5.32 Å². The molecular weight excluding hydrogens is 306 g/mol. The Morgan fingerprint density at radius 3 is 2.58 bits per heavy atom. The molecule has 3 rings (SSSR count). The highest BCUT2D eigenvalue weighted by Crippen LogP contribution is 2.42. The van der Waals surface area contributed by atoms with E-state index in [1.54, 1.807) is 0 Å². The predicted octanol–water partition coefficient (Wildman–Crippen LogP) is 2.25. The summed E-state index contributed by atoms with van der Waals surface area (Å²) in [7, 11) is 1.30. The maximum absolute atomic E-state index is 13.1. The summed E-state index contributed by atoms with van der Waals surface area (Å²) >= 11 is 0. The lowest BCUT2D eigenvalue weighted by atomic mass is 9.70. The van der Waals surface area contributed by atoms with Crippen molar-refractivity contribution in [2.45, 2.75) is 32.6 Å². The first-order valence-electron chi connectivity index (χ1n) is 8.14. The number of amides is 1. The molecule has 5 nitrogen and oxygen atoms in total. The van der Waals surface area contributed by atoms with Crippen LogP contribution in [0.25, 0.3) is 0 Å². The molecule has 0 saturated carbocycles. The maximum Gasteiger partial charge on any atom is 0.316 e. The number of carbonyl (C=O) groups is 3. The number of aryl methyl sites for hydroxylation is 1. The van der Waals surface area contributed by atoms with Gasteiger partial charge in [0.2, 0.25) is 5.91 Å². The molecule has 1 heterocycles. The number of esters is 1. The van der Waals surface area contributed by atoms with E-state index in [4.69, 9.17) is 4.74 Å². The van der Waals surface area contributed by atoms with Crippen LogP contribution in [0.1, 0.15) is 36.8 Å². The number of methoxy groups -OCH3 is 1. The molecule has 0 aromatic heterocycles. The fourth-order valence-electron chi connectivity index (χ4n) is 3.84. The van der Waals surface area contributed by atoms with Crippen molar-refractivity contribution in [3.63, 3.8) is 0 Å². The highest BCUT2D eigenvalue weighted by atomic mass is 16.5. The van der Waals surface area contributed by atoms with Crippen LogP contribution in [0.3, 0.4) is 0 Å². The molecule has 0 saturated heterocycles. The van der Waals surface area contributed by atoms with Crippen LogP contribution in [-0.4, -0.2) is 24.8 Å². The van der Waals surface area contributed by atoms with Crippen LogP contribution < -0.4 is 5.32 Å². The molecule has 5 heteroatoms. The molecule has 1 aromatic carbocycles. The molecule has 1 aliphatic heterocycles. The Morgan fingerprint density at radius 1 is 1.21 bits per heavy atom. The fourth-order valence-corrected chi connectivity index (χ4v) is 3.84. The highest BCUT2D eigenvalue weighted by Gasteiger charge is 2.45. The number of rotatable bonds is 2. The van der Waals surface area contributed by atoms with Gasteiger partial charge in [0.25, 0.3) is 0 Å². The van der Waals surface area contributed by atoms with Gasteiger partial charge in [-0.25, -0.2) is 0 Å². The van der Waals surface area contributed by atoms with Gasteiger partial charge in [-0.3, -0.25) is 14.4 Å². The summed E-state index contributed by atoms with van der Waals surface area (Å²) in [6.45, 7) is 3.81. The van der Waals surface area contributed by atoms with E-state index in [2.05, 4.69) is 5.32 Å². The summed E-state index contributed by atoms with van der Waals surface area (Å²) in [5.41, 5.74) is 3.23. The van der Waals surface area contributed by atoms with Crippen molar-refractivity contribution in [3.05, 3.63) is 46.7 Å². The van der Waals surface area contributed by atoms with Gasteiger partial charge in [0.1, 0.15) is 5.92 Å². The topological polar surface area (TPSA) is 72.5 Å². The van der Waals surface area contributed by atoms with Crippen LogP contribution in [0.4, 0.5) is 0 Å². The van der Waals surface area contributed by atoms with Gasteiger partial charge in [-0.1, -0.05) is 31.2 Å². The number of benzene rings is 1. The lowest BCUT2D eigenvalue weighted by Crippen LogP contribution is -2.44. The summed E-state index contributed by atoms with van der Waals surface area (Å²) in [5.74, 6) is -2.10. The Bertz CT molecular complexity index is 749. The Hall–Kier alpha value is -2.43. The summed E-state index contributed by atoms with van der Waals surface area (Å²) < 4.78 is 4.83. The van der Waals surface area contributed by atoms with Crippen molar-refractivity contribution in [3.8, 4) is 0 Å². The van der Waals surface area contributed by atoms with E-state index in [1.165, 1.54) is 7.11 Å². The van der Waals surface area contributed by atoms with Crippen molar-refractivity contribution in [1.29, 1.82) is 0 Å². The van der Waals surface area contributed by atoms with E-state index < -0.39 is 11.9 Å². The molecule has 3 atom stereocenters. The number of Topliss-reactive ketones (excluding diaryl/α,β-unsaturated/α-hetero) is 1. The molecule has 0 unspecified atom stereocenters. The van der Waals surface area contributed by atoms with Gasteiger partial charge in [0, 0.05) is 23.6 Å². The van der Waals surface area contributed by atoms with E-state index >= 15 is 0 Å². The van der Waals surface area contributed by atoms with Gasteiger partial charge in [-0.05, 0) is 30.4 Å². The number of hydrogen-bond acceptors (Lipinski definition) is 4. The Kier molecular flexibility index (Phi) is 4.26. The molecule has 24 heavy (non-hydrogen) atoms. The Balaban J connectivity index is 2.10. The standard InChI is InChI=1S/C19H21NO4/c1-10-6-4-5-7-12(10)13-9-15(21)20-14-8-11(2)16(19(23)24-3)18(22)17(13)14/h4-7,11,13,16H,8-9H2,1-3H3,(H,20,21)/t11-,13-,16-/m1/s1.